The molecule has 2 nitrogen and oxygen atoms in total. The van der Waals surface area contributed by atoms with Crippen molar-refractivity contribution < 1.29 is 20.1 Å². The summed E-state index contributed by atoms with van der Waals surface area (Å²) >= 11 is 0. The van der Waals surface area contributed by atoms with Gasteiger partial charge < -0.3 is 9.88 Å². The second kappa shape index (κ2) is 9.89. The van der Waals surface area contributed by atoms with Gasteiger partial charge in [-0.25, -0.2) is 0 Å². The van der Waals surface area contributed by atoms with Crippen LogP contribution >= 0.6 is 0 Å². The van der Waals surface area contributed by atoms with Gasteiger partial charge >= 0.3 is 0 Å². The predicted octanol–water partition coefficient (Wildman–Crippen LogP) is 5.77. The maximum atomic E-state index is 4.55. The fourth-order valence-corrected chi connectivity index (χ4v) is 5.67. The van der Waals surface area contributed by atoms with Crippen molar-refractivity contribution in [2.45, 2.75) is 20.8 Å². The molecule has 1 aliphatic heterocycles. The van der Waals surface area contributed by atoms with E-state index in [9.17, 15) is 0 Å². The molecule has 0 bridgehead atoms. The molecule has 0 aliphatic carbocycles. The van der Waals surface area contributed by atoms with Crippen molar-refractivity contribution in [3.8, 4) is 11.3 Å². The molecule has 0 saturated heterocycles. The van der Waals surface area contributed by atoms with E-state index in [1.165, 1.54) is 44.5 Å². The van der Waals surface area contributed by atoms with Crippen LogP contribution in [0.2, 0.25) is 0 Å². The minimum Gasteiger partial charge on any atom is -0.329 e. The van der Waals surface area contributed by atoms with Crippen LogP contribution in [-0.4, -0.2) is 11.7 Å². The van der Waals surface area contributed by atoms with Crippen LogP contribution in [0.4, 0.5) is 17.1 Å². The number of hydrogen-bond donors (Lipinski definition) is 0. The first-order valence-electron chi connectivity index (χ1n) is 12.1. The van der Waals surface area contributed by atoms with Crippen LogP contribution in [0.5, 0.6) is 0 Å². The molecule has 0 unspecified atom stereocenters. The molecule has 5 aromatic rings. The van der Waals surface area contributed by atoms with Crippen LogP contribution in [0, 0.1) is 26.8 Å². The van der Waals surface area contributed by atoms with Gasteiger partial charge in [0.2, 0.25) is 6.71 Å². The molecule has 177 valence electrons. The van der Waals surface area contributed by atoms with Gasteiger partial charge in [0.15, 0.2) is 0 Å². The third-order valence-corrected chi connectivity index (χ3v) is 6.99. The Morgan fingerprint density at radius 2 is 1.33 bits per heavy atom. The summed E-state index contributed by atoms with van der Waals surface area (Å²) in [5, 5.41) is 0. The smallest absolute Gasteiger partial charge is 0.247 e. The zero-order chi connectivity index (χ0) is 23.9. The first-order chi connectivity index (χ1) is 17.1. The summed E-state index contributed by atoms with van der Waals surface area (Å²) in [5.74, 6) is 0. The molecule has 1 aromatic heterocycles. The molecule has 0 amide bonds. The summed E-state index contributed by atoms with van der Waals surface area (Å²) in [5.41, 5.74) is 13.5. The Balaban J connectivity index is 0.00000267. The number of nitrogens with zero attached hydrogens (tertiary/aromatic N) is 2. The molecule has 0 fully saturated rings. The van der Waals surface area contributed by atoms with Gasteiger partial charge in [-0.15, -0.1) is 29.8 Å². The average Bonchev–Trinajstić information content (AvgIpc) is 2.88. The number of aryl methyl sites for hydroxylation is 3. The second-order valence-electron chi connectivity index (χ2n) is 9.37. The van der Waals surface area contributed by atoms with E-state index in [4.69, 9.17) is 0 Å². The van der Waals surface area contributed by atoms with E-state index in [1.54, 1.807) is 0 Å². The van der Waals surface area contributed by atoms with Crippen LogP contribution in [0.25, 0.3) is 11.3 Å². The number of anilines is 3. The molecule has 0 atom stereocenters. The Kier molecular flexibility index (Phi) is 6.66. The van der Waals surface area contributed by atoms with Crippen LogP contribution in [0.15, 0.2) is 103 Å². The molecule has 36 heavy (non-hydrogen) atoms. The van der Waals surface area contributed by atoms with Gasteiger partial charge in [-0.3, -0.25) is 0 Å². The van der Waals surface area contributed by atoms with Gasteiger partial charge in [-0.2, -0.15) is 0 Å². The zero-order valence-corrected chi connectivity index (χ0v) is 23.0. The van der Waals surface area contributed by atoms with Gasteiger partial charge in [-0.05, 0) is 61.3 Å². The van der Waals surface area contributed by atoms with Crippen LogP contribution in [-0.2, 0) is 20.1 Å². The fraction of sp³-hybridized carbons (Fsp3) is 0.0938. The van der Waals surface area contributed by atoms with E-state index in [0.717, 1.165) is 16.9 Å². The van der Waals surface area contributed by atoms with Crippen LogP contribution < -0.4 is 21.3 Å². The van der Waals surface area contributed by atoms with Crippen molar-refractivity contribution in [3.05, 3.63) is 126 Å². The van der Waals surface area contributed by atoms with Crippen LogP contribution in [0.3, 0.4) is 0 Å². The molecular formula is C32H26BIrN2-. The van der Waals surface area contributed by atoms with Gasteiger partial charge in [0.1, 0.15) is 0 Å². The molecule has 2 heterocycles. The summed E-state index contributed by atoms with van der Waals surface area (Å²) in [7, 11) is 0. The van der Waals surface area contributed by atoms with Crippen molar-refractivity contribution in [2.75, 3.05) is 4.90 Å². The monoisotopic (exact) mass is 642 g/mol. The van der Waals surface area contributed by atoms with E-state index >= 15 is 0 Å². The summed E-state index contributed by atoms with van der Waals surface area (Å²) in [6, 6.07) is 38.0. The first-order valence-corrected chi connectivity index (χ1v) is 12.1. The molecule has 0 saturated carbocycles. The molecule has 4 heteroatoms. The van der Waals surface area contributed by atoms with Gasteiger partial charge in [0.05, 0.1) is 0 Å². The maximum Gasteiger partial charge on any atom is 0.247 e. The topological polar surface area (TPSA) is 16.1 Å². The number of pyridine rings is 1. The second-order valence-corrected chi connectivity index (χ2v) is 9.37. The normalized spacial score (nSPS) is 12.0. The fourth-order valence-electron chi connectivity index (χ4n) is 5.67. The molecule has 0 N–H and O–H groups in total. The quantitative estimate of drug-likeness (QED) is 0.180. The van der Waals surface area contributed by atoms with E-state index in [-0.39, 0.29) is 26.8 Å². The molecule has 0 spiro atoms. The number of hydrogen-bond acceptors (Lipinski definition) is 2. The van der Waals surface area contributed by atoms with E-state index in [0.29, 0.717) is 0 Å². The number of benzene rings is 4. The molecule has 1 radical (unpaired) electrons. The Bertz CT molecular complexity index is 1480. The summed E-state index contributed by atoms with van der Waals surface area (Å²) in [6.07, 6.45) is 1.83. The van der Waals surface area contributed by atoms with Gasteiger partial charge in [0, 0.05) is 37.7 Å². The zero-order valence-electron chi connectivity index (χ0n) is 20.6. The van der Waals surface area contributed by atoms with Crippen molar-refractivity contribution in [1.29, 1.82) is 0 Å². The van der Waals surface area contributed by atoms with E-state index in [1.807, 2.05) is 30.5 Å². The van der Waals surface area contributed by atoms with Gasteiger partial charge in [0.25, 0.3) is 0 Å². The first kappa shape index (κ1) is 24.2. The number of fused-ring (bicyclic) bond motifs is 2. The minimum absolute atomic E-state index is 0. The molecular weight excluding hydrogens is 615 g/mol. The van der Waals surface area contributed by atoms with Crippen LogP contribution in [0.1, 0.15) is 16.7 Å². The van der Waals surface area contributed by atoms with E-state index < -0.39 is 0 Å². The molecule has 1 aliphatic rings. The molecule has 6 rings (SSSR count). The third-order valence-electron chi connectivity index (χ3n) is 6.99. The average molecular weight is 642 g/mol. The summed E-state index contributed by atoms with van der Waals surface area (Å²) in [4.78, 5) is 6.94. The Morgan fingerprint density at radius 3 is 1.94 bits per heavy atom. The predicted molar refractivity (Wildman–Crippen MR) is 149 cm³/mol. The minimum atomic E-state index is 0. The van der Waals surface area contributed by atoms with Gasteiger partial charge in [-0.1, -0.05) is 82.8 Å². The Labute approximate surface area is 227 Å². The number of para-hydroxylation sites is 2. The Morgan fingerprint density at radius 1 is 0.722 bits per heavy atom. The SMILES string of the molecule is Cc1cc(C)c(B2c3ccccc3N(c3cc[c-]c(-c4ccccn4)c3)c3ccccc32)c(C)c1.[Ir]. The van der Waals surface area contributed by atoms with Crippen molar-refractivity contribution in [3.63, 3.8) is 0 Å². The largest absolute Gasteiger partial charge is 0.329 e. The third kappa shape index (κ3) is 4.11. The van der Waals surface area contributed by atoms with Crippen molar-refractivity contribution >= 4 is 40.2 Å². The summed E-state index contributed by atoms with van der Waals surface area (Å²) in [6.45, 7) is 6.86. The molecule has 4 aromatic carbocycles. The van der Waals surface area contributed by atoms with Crippen molar-refractivity contribution in [2.24, 2.45) is 0 Å². The van der Waals surface area contributed by atoms with E-state index in [2.05, 4.69) is 110 Å². The summed E-state index contributed by atoms with van der Waals surface area (Å²) < 4.78 is 0. The maximum absolute atomic E-state index is 4.55. The standard InChI is InChI=1S/C32H26BN2.Ir/c1-22-19-23(2)32(24(3)20-22)33-27-13-4-6-16-30(27)35(31-17-7-5-14-28(31)33)26-12-10-11-25(21-26)29-15-8-9-18-34-29;/h4-10,12-21H,1-3H3;/q-1;. The number of rotatable bonds is 3. The van der Waals surface area contributed by atoms with Crippen molar-refractivity contribution in [1.82, 2.24) is 4.98 Å². The Hall–Kier alpha value is -3.46. The number of aromatic nitrogens is 1.